The molecule has 0 radical (unpaired) electrons. The van der Waals surface area contributed by atoms with Crippen LogP contribution in [0.4, 0.5) is 0 Å². The summed E-state index contributed by atoms with van der Waals surface area (Å²) in [4.78, 5) is 3.60. The number of likely N-dealkylation sites (tertiary alicyclic amines) is 1. The molecule has 5 heteroatoms. The maximum atomic E-state index is 5.87. The first-order valence-electron chi connectivity index (χ1n) is 4.91. The standard InChI is InChI=1S/C10H12ClNS3/c11-9-4-3-8(15-9)7-14-10(13)12-5-1-2-6-12/h3-4H,1-2,5-7H2. The molecule has 15 heavy (non-hydrogen) atoms. The van der Waals surface area contributed by atoms with E-state index in [0.29, 0.717) is 0 Å². The van der Waals surface area contributed by atoms with Crippen molar-refractivity contribution in [3.8, 4) is 0 Å². The minimum Gasteiger partial charge on any atom is -0.358 e. The molecular weight excluding hydrogens is 266 g/mol. The van der Waals surface area contributed by atoms with E-state index in [1.54, 1.807) is 23.1 Å². The van der Waals surface area contributed by atoms with E-state index in [-0.39, 0.29) is 0 Å². The van der Waals surface area contributed by atoms with Gasteiger partial charge in [0, 0.05) is 23.7 Å². The lowest BCUT2D eigenvalue weighted by molar-refractivity contribution is 0.539. The molecule has 0 atom stereocenters. The van der Waals surface area contributed by atoms with Gasteiger partial charge in [0.15, 0.2) is 0 Å². The largest absolute Gasteiger partial charge is 0.358 e. The third kappa shape index (κ3) is 3.34. The first-order valence-corrected chi connectivity index (χ1v) is 7.50. The van der Waals surface area contributed by atoms with Gasteiger partial charge < -0.3 is 4.90 Å². The van der Waals surface area contributed by atoms with E-state index in [1.807, 2.05) is 6.07 Å². The van der Waals surface area contributed by atoms with Crippen molar-refractivity contribution in [3.05, 3.63) is 21.3 Å². The van der Waals surface area contributed by atoms with Crippen LogP contribution in [0.25, 0.3) is 0 Å². The summed E-state index contributed by atoms with van der Waals surface area (Å²) in [5.74, 6) is 0.951. The first-order chi connectivity index (χ1) is 7.25. The molecular formula is C10H12ClNS3. The normalized spacial score (nSPS) is 15.9. The topological polar surface area (TPSA) is 3.24 Å². The molecule has 0 unspecified atom stereocenters. The van der Waals surface area contributed by atoms with E-state index < -0.39 is 0 Å². The SMILES string of the molecule is S=C(SCc1ccc(Cl)s1)N1CCCC1. The lowest BCUT2D eigenvalue weighted by atomic mass is 10.4. The molecule has 1 aliphatic rings. The quantitative estimate of drug-likeness (QED) is 0.752. The van der Waals surface area contributed by atoms with Gasteiger partial charge in [0.2, 0.25) is 0 Å². The molecule has 0 amide bonds. The number of hydrogen-bond acceptors (Lipinski definition) is 3. The van der Waals surface area contributed by atoms with Crippen LogP contribution in [0.15, 0.2) is 12.1 Å². The van der Waals surface area contributed by atoms with Crippen LogP contribution in [-0.4, -0.2) is 22.3 Å². The molecule has 0 saturated carbocycles. The van der Waals surface area contributed by atoms with Crippen molar-refractivity contribution >= 4 is 51.2 Å². The van der Waals surface area contributed by atoms with Crippen molar-refractivity contribution in [3.63, 3.8) is 0 Å². The van der Waals surface area contributed by atoms with Crippen molar-refractivity contribution in [2.75, 3.05) is 13.1 Å². The van der Waals surface area contributed by atoms with E-state index >= 15 is 0 Å². The van der Waals surface area contributed by atoms with E-state index in [0.717, 1.165) is 27.5 Å². The highest BCUT2D eigenvalue weighted by molar-refractivity contribution is 8.22. The van der Waals surface area contributed by atoms with Gasteiger partial charge in [-0.15, -0.1) is 11.3 Å². The summed E-state index contributed by atoms with van der Waals surface area (Å²) in [6.45, 7) is 2.27. The van der Waals surface area contributed by atoms with Crippen LogP contribution in [0.5, 0.6) is 0 Å². The van der Waals surface area contributed by atoms with Crippen LogP contribution in [0, 0.1) is 0 Å². The Bertz CT molecular complexity index is 344. The monoisotopic (exact) mass is 277 g/mol. The smallest absolute Gasteiger partial charge is 0.136 e. The fourth-order valence-electron chi connectivity index (χ4n) is 1.55. The molecule has 0 N–H and O–H groups in total. The van der Waals surface area contributed by atoms with Crippen LogP contribution in [0.1, 0.15) is 17.7 Å². The first kappa shape index (κ1) is 11.7. The zero-order valence-electron chi connectivity index (χ0n) is 8.24. The molecule has 0 aromatic carbocycles. The average Bonchev–Trinajstić information content (AvgIpc) is 2.84. The summed E-state index contributed by atoms with van der Waals surface area (Å²) in [6.07, 6.45) is 2.57. The second-order valence-electron chi connectivity index (χ2n) is 3.45. The number of nitrogens with zero attached hydrogens (tertiary/aromatic N) is 1. The molecule has 0 spiro atoms. The number of thioether (sulfide) groups is 1. The van der Waals surface area contributed by atoms with Crippen molar-refractivity contribution in [2.24, 2.45) is 0 Å². The van der Waals surface area contributed by atoms with E-state index in [4.69, 9.17) is 23.8 Å². The average molecular weight is 278 g/mol. The van der Waals surface area contributed by atoms with Crippen LogP contribution in [0.3, 0.4) is 0 Å². The number of rotatable bonds is 2. The van der Waals surface area contributed by atoms with Gasteiger partial charge in [-0.25, -0.2) is 0 Å². The number of thiocarbonyl (C=S) groups is 1. The Hall–Kier alpha value is 0.230. The predicted octanol–water partition coefficient (Wildman–Crippen LogP) is 4.02. The number of halogens is 1. The highest BCUT2D eigenvalue weighted by Crippen LogP contribution is 2.27. The van der Waals surface area contributed by atoms with Crippen LogP contribution >= 0.6 is 46.9 Å². The highest BCUT2D eigenvalue weighted by atomic mass is 35.5. The molecule has 1 fully saturated rings. The van der Waals surface area contributed by atoms with Gasteiger partial charge in [0.1, 0.15) is 4.32 Å². The Labute approximate surface area is 109 Å². The maximum absolute atomic E-state index is 5.87. The van der Waals surface area contributed by atoms with E-state index in [9.17, 15) is 0 Å². The van der Waals surface area contributed by atoms with Crippen molar-refractivity contribution in [1.29, 1.82) is 0 Å². The summed E-state index contributed by atoms with van der Waals surface area (Å²) in [5, 5.41) is 0. The summed E-state index contributed by atoms with van der Waals surface area (Å²) >= 11 is 14.6. The van der Waals surface area contributed by atoms with Gasteiger partial charge >= 0.3 is 0 Å². The van der Waals surface area contributed by atoms with Crippen LogP contribution in [0.2, 0.25) is 4.34 Å². The lowest BCUT2D eigenvalue weighted by Crippen LogP contribution is -2.23. The zero-order valence-corrected chi connectivity index (χ0v) is 11.4. The molecule has 1 saturated heterocycles. The molecule has 1 aliphatic heterocycles. The Morgan fingerprint density at radius 2 is 2.20 bits per heavy atom. The van der Waals surface area contributed by atoms with Crippen molar-refractivity contribution in [1.82, 2.24) is 4.90 Å². The minimum atomic E-state index is 0.859. The molecule has 82 valence electrons. The fourth-order valence-corrected chi connectivity index (χ4v) is 3.94. The van der Waals surface area contributed by atoms with E-state index in [2.05, 4.69) is 11.0 Å². The molecule has 0 bridgehead atoms. The third-order valence-electron chi connectivity index (χ3n) is 2.33. The Morgan fingerprint density at radius 1 is 1.47 bits per heavy atom. The number of hydrogen-bond donors (Lipinski definition) is 0. The summed E-state index contributed by atoms with van der Waals surface area (Å²) in [5.41, 5.74) is 0. The molecule has 1 aromatic rings. The van der Waals surface area contributed by atoms with Gasteiger partial charge in [0.25, 0.3) is 0 Å². The molecule has 0 aliphatic carbocycles. The van der Waals surface area contributed by atoms with Gasteiger partial charge in [-0.05, 0) is 25.0 Å². The minimum absolute atomic E-state index is 0.859. The van der Waals surface area contributed by atoms with Crippen molar-refractivity contribution < 1.29 is 0 Å². The highest BCUT2D eigenvalue weighted by Gasteiger charge is 2.15. The van der Waals surface area contributed by atoms with Gasteiger partial charge in [-0.1, -0.05) is 35.6 Å². The van der Waals surface area contributed by atoms with Gasteiger partial charge in [-0.2, -0.15) is 0 Å². The van der Waals surface area contributed by atoms with Crippen LogP contribution < -0.4 is 0 Å². The summed E-state index contributed by atoms with van der Waals surface area (Å²) in [7, 11) is 0. The Morgan fingerprint density at radius 3 is 2.80 bits per heavy atom. The molecule has 2 rings (SSSR count). The second kappa shape index (κ2) is 5.53. The fraction of sp³-hybridized carbons (Fsp3) is 0.500. The zero-order chi connectivity index (χ0) is 10.7. The molecule has 1 nitrogen and oxygen atoms in total. The third-order valence-corrected chi connectivity index (χ3v) is 5.32. The molecule has 2 heterocycles. The van der Waals surface area contributed by atoms with E-state index in [1.165, 1.54) is 17.7 Å². The molecule has 1 aromatic heterocycles. The van der Waals surface area contributed by atoms with Gasteiger partial charge in [0.05, 0.1) is 4.34 Å². The maximum Gasteiger partial charge on any atom is 0.136 e. The second-order valence-corrected chi connectivity index (χ2v) is 6.86. The Balaban J connectivity index is 1.80. The van der Waals surface area contributed by atoms with Crippen molar-refractivity contribution in [2.45, 2.75) is 18.6 Å². The Kier molecular flexibility index (Phi) is 4.31. The van der Waals surface area contributed by atoms with Crippen LogP contribution in [-0.2, 0) is 5.75 Å². The van der Waals surface area contributed by atoms with Gasteiger partial charge in [-0.3, -0.25) is 0 Å². The summed E-state index contributed by atoms with van der Waals surface area (Å²) in [6, 6.07) is 4.02. The lowest BCUT2D eigenvalue weighted by Gasteiger charge is -2.16. The number of thiophene rings is 1. The summed E-state index contributed by atoms with van der Waals surface area (Å²) < 4.78 is 1.90. The predicted molar refractivity (Wildman–Crippen MR) is 74.0 cm³/mol.